The highest BCUT2D eigenvalue weighted by atomic mass is 16.5. The fourth-order valence-electron chi connectivity index (χ4n) is 8.47. The van der Waals surface area contributed by atoms with Crippen molar-refractivity contribution in [1.82, 2.24) is 0 Å². The molecule has 0 spiro atoms. The highest BCUT2D eigenvalue weighted by Crippen LogP contribution is 2.56. The van der Waals surface area contributed by atoms with Gasteiger partial charge >= 0.3 is 0 Å². The number of hydrogen-bond donors (Lipinski definition) is 0. The third-order valence-electron chi connectivity index (χ3n) is 11.6. The highest BCUT2D eigenvalue weighted by molar-refractivity contribution is 6.14. The zero-order valence-corrected chi connectivity index (χ0v) is 33.9. The third kappa shape index (κ3) is 6.08. The monoisotopic (exact) mass is 754 g/mol. The van der Waals surface area contributed by atoms with Gasteiger partial charge in [-0.2, -0.15) is 0 Å². The number of ether oxygens (including phenoxy) is 2. The summed E-state index contributed by atoms with van der Waals surface area (Å²) in [6, 6.07) is 60.7. The van der Waals surface area contributed by atoms with E-state index in [9.17, 15) is 0 Å². The van der Waals surface area contributed by atoms with Crippen LogP contribution in [-0.4, -0.2) is 0 Å². The maximum absolute atomic E-state index is 6.83. The minimum absolute atomic E-state index is 0.0728. The Kier molecular flexibility index (Phi) is 8.24. The van der Waals surface area contributed by atoms with Crippen LogP contribution in [0.1, 0.15) is 52.7 Å². The molecule has 2 heterocycles. The number of nitrogens with zero attached hydrogens (tertiary/aromatic N) is 2. The lowest BCUT2D eigenvalue weighted by Crippen LogP contribution is -2.13. The maximum atomic E-state index is 6.83. The average molecular weight is 755 g/mol. The van der Waals surface area contributed by atoms with Gasteiger partial charge in [0.25, 0.3) is 0 Å². The molecule has 0 fully saturated rings. The van der Waals surface area contributed by atoms with E-state index < -0.39 is 0 Å². The van der Waals surface area contributed by atoms with Crippen LogP contribution in [0.15, 0.2) is 170 Å². The molecule has 0 radical (unpaired) electrons. The summed E-state index contributed by atoms with van der Waals surface area (Å²) in [5.74, 6) is 3.33. The fraction of sp³-hybridized carbons (Fsp3) is 0.148. The first-order valence-electron chi connectivity index (χ1n) is 20.2. The van der Waals surface area contributed by atoms with Gasteiger partial charge in [0.15, 0.2) is 0 Å². The van der Waals surface area contributed by atoms with Gasteiger partial charge in [-0.15, -0.1) is 0 Å². The van der Waals surface area contributed by atoms with E-state index in [2.05, 4.69) is 221 Å². The molecule has 8 aromatic carbocycles. The van der Waals surface area contributed by atoms with Crippen molar-refractivity contribution >= 4 is 44.9 Å². The summed E-state index contributed by atoms with van der Waals surface area (Å²) in [5.41, 5.74) is 13.6. The van der Waals surface area contributed by atoms with Gasteiger partial charge < -0.3 is 19.3 Å². The zero-order valence-electron chi connectivity index (χ0n) is 33.9. The Balaban J connectivity index is 1.04. The maximum Gasteiger partial charge on any atom is 0.137 e. The molecule has 58 heavy (non-hydrogen) atoms. The number of anilines is 6. The van der Waals surface area contributed by atoms with Gasteiger partial charge in [-0.05, 0) is 130 Å². The molecule has 0 saturated carbocycles. The van der Waals surface area contributed by atoms with Crippen LogP contribution >= 0.6 is 0 Å². The Bertz CT molecular complexity index is 2630. The first kappa shape index (κ1) is 35.6. The molecule has 4 nitrogen and oxygen atoms in total. The summed E-state index contributed by atoms with van der Waals surface area (Å²) in [6.45, 7) is 13.5. The SMILES string of the molecule is CC(C)(C)c1ccc(N(c2ccccc2)c2ccc3c(c2)Oc2ccc4c5c(ccc-3c25)Oc2cc(N(c3ccccc3)c3ccc(C(C)(C)C)cc3)ccc2-4)cc1. The van der Waals surface area contributed by atoms with Crippen LogP contribution in [-0.2, 0) is 10.8 Å². The summed E-state index contributed by atoms with van der Waals surface area (Å²) in [5, 5.41) is 2.15. The van der Waals surface area contributed by atoms with Crippen LogP contribution in [0.3, 0.4) is 0 Å². The minimum Gasteiger partial charge on any atom is -0.456 e. The lowest BCUT2D eigenvalue weighted by molar-refractivity contribution is 0.480. The second kappa shape index (κ2) is 13.4. The molecule has 0 N–H and O–H groups in total. The average Bonchev–Trinajstić information content (AvgIpc) is 3.23. The van der Waals surface area contributed by atoms with Gasteiger partial charge in [0, 0.05) is 68.2 Å². The Morgan fingerprint density at radius 1 is 0.310 bits per heavy atom. The minimum atomic E-state index is 0.0728. The van der Waals surface area contributed by atoms with Gasteiger partial charge in [0.2, 0.25) is 0 Å². The standard InChI is InChI=1S/C54H46N2O2/c1-53(2,3)35-17-21-39(22-18-35)55(37-13-9-7-10-14-37)41-25-27-43-45-29-32-48-52-46(30-31-47(51(45)52)57-49(43)33-41)44-28-26-42(34-50(44)58-48)56(38-15-11-8-12-16-38)40-23-19-36(20-24-40)54(4,5)6/h7-34H,1-6H3. The van der Waals surface area contributed by atoms with Crippen molar-refractivity contribution in [1.29, 1.82) is 0 Å². The summed E-state index contributed by atoms with van der Waals surface area (Å²) < 4.78 is 13.7. The molecule has 0 aromatic heterocycles. The molecule has 0 amide bonds. The van der Waals surface area contributed by atoms with Crippen LogP contribution in [0.5, 0.6) is 23.0 Å². The molecular formula is C54H46N2O2. The van der Waals surface area contributed by atoms with Crippen molar-refractivity contribution in [3.63, 3.8) is 0 Å². The molecule has 0 aliphatic carbocycles. The Hall–Kier alpha value is -6.78. The fourth-order valence-corrected chi connectivity index (χ4v) is 8.47. The van der Waals surface area contributed by atoms with Crippen LogP contribution < -0.4 is 19.3 Å². The molecule has 8 aromatic rings. The summed E-state index contributed by atoms with van der Waals surface area (Å²) >= 11 is 0. The molecule has 4 heteroatoms. The van der Waals surface area contributed by atoms with E-state index in [0.717, 1.165) is 90.1 Å². The predicted molar refractivity (Wildman–Crippen MR) is 242 cm³/mol. The number of hydrogen-bond acceptors (Lipinski definition) is 4. The smallest absolute Gasteiger partial charge is 0.137 e. The van der Waals surface area contributed by atoms with Crippen molar-refractivity contribution in [3.8, 4) is 45.3 Å². The van der Waals surface area contributed by atoms with E-state index in [1.807, 2.05) is 0 Å². The number of benzene rings is 8. The van der Waals surface area contributed by atoms with E-state index >= 15 is 0 Å². The quantitative estimate of drug-likeness (QED) is 0.169. The van der Waals surface area contributed by atoms with Crippen LogP contribution in [0, 0.1) is 0 Å². The van der Waals surface area contributed by atoms with Gasteiger partial charge in [0.05, 0.1) is 0 Å². The van der Waals surface area contributed by atoms with Crippen LogP contribution in [0.25, 0.3) is 33.0 Å². The largest absolute Gasteiger partial charge is 0.456 e. The molecular weight excluding hydrogens is 709 g/mol. The zero-order chi connectivity index (χ0) is 39.8. The van der Waals surface area contributed by atoms with Crippen molar-refractivity contribution in [2.24, 2.45) is 0 Å². The first-order valence-corrected chi connectivity index (χ1v) is 20.2. The molecule has 0 unspecified atom stereocenters. The van der Waals surface area contributed by atoms with Gasteiger partial charge in [-0.1, -0.05) is 102 Å². The number of para-hydroxylation sites is 2. The lowest BCUT2D eigenvalue weighted by Gasteiger charge is -2.30. The number of fused-ring (bicyclic) bond motifs is 4. The second-order valence-corrected chi connectivity index (χ2v) is 17.5. The van der Waals surface area contributed by atoms with E-state index in [4.69, 9.17) is 9.47 Å². The van der Waals surface area contributed by atoms with Crippen molar-refractivity contribution in [3.05, 3.63) is 181 Å². The van der Waals surface area contributed by atoms with Crippen molar-refractivity contribution in [2.75, 3.05) is 9.80 Å². The van der Waals surface area contributed by atoms with Gasteiger partial charge in [-0.3, -0.25) is 0 Å². The van der Waals surface area contributed by atoms with Gasteiger partial charge in [-0.25, -0.2) is 0 Å². The molecule has 0 atom stereocenters. The van der Waals surface area contributed by atoms with Crippen LogP contribution in [0.4, 0.5) is 34.1 Å². The van der Waals surface area contributed by atoms with Crippen LogP contribution in [0.2, 0.25) is 0 Å². The normalized spacial score (nSPS) is 12.6. The van der Waals surface area contributed by atoms with E-state index in [1.165, 1.54) is 11.1 Å². The Labute approximate surface area is 341 Å². The highest BCUT2D eigenvalue weighted by Gasteiger charge is 2.29. The van der Waals surface area contributed by atoms with Crippen molar-refractivity contribution < 1.29 is 9.47 Å². The Morgan fingerprint density at radius 2 is 0.638 bits per heavy atom. The summed E-state index contributed by atoms with van der Waals surface area (Å²) in [6.07, 6.45) is 0. The van der Waals surface area contributed by atoms with E-state index in [0.29, 0.717) is 0 Å². The molecule has 0 saturated heterocycles. The van der Waals surface area contributed by atoms with E-state index in [-0.39, 0.29) is 10.8 Å². The second-order valence-electron chi connectivity index (χ2n) is 17.5. The predicted octanol–water partition coefficient (Wildman–Crippen LogP) is 15.9. The third-order valence-corrected chi connectivity index (χ3v) is 11.6. The molecule has 10 rings (SSSR count). The Morgan fingerprint density at radius 3 is 1.00 bits per heavy atom. The lowest BCUT2D eigenvalue weighted by atomic mass is 9.87. The topological polar surface area (TPSA) is 24.9 Å². The molecule has 284 valence electrons. The molecule has 2 aliphatic rings. The molecule has 0 bridgehead atoms. The summed E-state index contributed by atoms with van der Waals surface area (Å²) in [4.78, 5) is 4.59. The molecule has 2 aliphatic heterocycles. The van der Waals surface area contributed by atoms with Crippen molar-refractivity contribution in [2.45, 2.75) is 52.4 Å². The first-order chi connectivity index (χ1) is 28.0. The number of rotatable bonds is 6. The summed E-state index contributed by atoms with van der Waals surface area (Å²) in [7, 11) is 0. The van der Waals surface area contributed by atoms with E-state index in [1.54, 1.807) is 0 Å². The van der Waals surface area contributed by atoms with Gasteiger partial charge in [0.1, 0.15) is 23.0 Å².